The van der Waals surface area contributed by atoms with Gasteiger partial charge in [0.25, 0.3) is 0 Å². The Balaban J connectivity index is 1.24. The maximum Gasteiger partial charge on any atom is 0.416 e. The molecule has 200 valence electrons. The molecule has 1 aromatic heterocycles. The zero-order valence-electron chi connectivity index (χ0n) is 21.4. The number of ether oxygens (including phenoxy) is 1. The van der Waals surface area contributed by atoms with Crippen molar-refractivity contribution in [2.24, 2.45) is 5.92 Å². The van der Waals surface area contributed by atoms with Crippen molar-refractivity contribution in [1.29, 1.82) is 0 Å². The van der Waals surface area contributed by atoms with Crippen LogP contribution in [0.4, 0.5) is 13.2 Å². The van der Waals surface area contributed by atoms with Crippen molar-refractivity contribution in [3.05, 3.63) is 77.6 Å². The largest absolute Gasteiger partial charge is 0.491 e. The van der Waals surface area contributed by atoms with E-state index in [0.29, 0.717) is 18.2 Å². The summed E-state index contributed by atoms with van der Waals surface area (Å²) in [7, 11) is 0. The summed E-state index contributed by atoms with van der Waals surface area (Å²) in [5, 5.41) is 15.3. The number of piperazine rings is 1. The van der Waals surface area contributed by atoms with Crippen molar-refractivity contribution >= 4 is 0 Å². The lowest BCUT2D eigenvalue weighted by Crippen LogP contribution is -2.48. The topological polar surface area (TPSA) is 53.8 Å². The molecule has 0 radical (unpaired) electrons. The Bertz CT molecular complexity index is 1110. The highest BCUT2D eigenvalue weighted by Gasteiger charge is 2.30. The van der Waals surface area contributed by atoms with Gasteiger partial charge in [0.2, 0.25) is 0 Å². The maximum atomic E-state index is 12.7. The highest BCUT2D eigenvalue weighted by atomic mass is 19.4. The van der Waals surface area contributed by atoms with Crippen molar-refractivity contribution in [2.75, 3.05) is 39.3 Å². The van der Waals surface area contributed by atoms with Gasteiger partial charge in [-0.2, -0.15) is 18.3 Å². The van der Waals surface area contributed by atoms with E-state index < -0.39 is 17.8 Å². The molecule has 0 spiro atoms. The molecule has 37 heavy (non-hydrogen) atoms. The summed E-state index contributed by atoms with van der Waals surface area (Å²) in [5.74, 6) is 0.842. The van der Waals surface area contributed by atoms with E-state index in [0.717, 1.165) is 62.7 Å². The van der Waals surface area contributed by atoms with E-state index >= 15 is 0 Å². The fraction of sp³-hybridized carbons (Fsp3) is 0.464. The van der Waals surface area contributed by atoms with Gasteiger partial charge in [-0.15, -0.1) is 0 Å². The third kappa shape index (κ3) is 7.80. The average molecular weight is 517 g/mol. The molecule has 0 bridgehead atoms. The Morgan fingerprint density at radius 1 is 0.946 bits per heavy atom. The van der Waals surface area contributed by atoms with Crippen LogP contribution in [-0.4, -0.2) is 70.1 Å². The number of aromatic nitrogens is 2. The van der Waals surface area contributed by atoms with Gasteiger partial charge >= 0.3 is 6.18 Å². The summed E-state index contributed by atoms with van der Waals surface area (Å²) in [6.45, 7) is 9.04. The standard InChI is InChI=1S/C28H35F3N4O2/c1-21(2)16-25-17-23(32-35(25)24-6-4-3-5-7-24)18-33-12-14-34(15-13-33)19-26(36)20-37-27-10-8-22(9-11-27)28(29,30)31/h3-11,17,21,26,36H,12-16,18-20H2,1-2H3/t26-/m1/s1. The quantitative estimate of drug-likeness (QED) is 0.425. The SMILES string of the molecule is CC(C)Cc1cc(CN2CCN(C[C@@H](O)COc3ccc(C(F)(F)F)cc3)CC2)nn1-c1ccccc1. The van der Waals surface area contributed by atoms with Crippen molar-refractivity contribution in [1.82, 2.24) is 19.6 Å². The molecule has 0 unspecified atom stereocenters. The number of halogens is 3. The summed E-state index contributed by atoms with van der Waals surface area (Å²) in [6, 6.07) is 16.9. The van der Waals surface area contributed by atoms with E-state index in [1.165, 1.54) is 17.8 Å². The van der Waals surface area contributed by atoms with Crippen molar-refractivity contribution in [2.45, 2.75) is 39.1 Å². The number of para-hydroxylation sites is 1. The van der Waals surface area contributed by atoms with Crippen LogP contribution in [-0.2, 0) is 19.1 Å². The number of nitrogens with zero attached hydrogens (tertiary/aromatic N) is 4. The first-order chi connectivity index (χ1) is 17.7. The van der Waals surface area contributed by atoms with E-state index in [9.17, 15) is 18.3 Å². The van der Waals surface area contributed by atoms with E-state index in [-0.39, 0.29) is 6.61 Å². The van der Waals surface area contributed by atoms with Gasteiger partial charge in [0.15, 0.2) is 0 Å². The van der Waals surface area contributed by atoms with Crippen molar-refractivity contribution < 1.29 is 23.0 Å². The maximum absolute atomic E-state index is 12.7. The number of β-amino-alcohol motifs (C(OH)–C–C–N with tert-alkyl or cyclic N) is 1. The summed E-state index contributed by atoms with van der Waals surface area (Å²) < 4.78 is 45.6. The Kier molecular flexibility index (Phi) is 8.89. The highest BCUT2D eigenvalue weighted by Crippen LogP contribution is 2.30. The van der Waals surface area contributed by atoms with Crippen LogP contribution in [0.5, 0.6) is 5.75 Å². The number of benzene rings is 2. The van der Waals surface area contributed by atoms with E-state index in [1.54, 1.807) is 0 Å². The molecule has 3 aromatic rings. The van der Waals surface area contributed by atoms with Crippen LogP contribution in [0.15, 0.2) is 60.7 Å². The number of aliphatic hydroxyl groups excluding tert-OH is 1. The van der Waals surface area contributed by atoms with Gasteiger partial charge in [-0.05, 0) is 54.8 Å². The Morgan fingerprint density at radius 3 is 2.22 bits per heavy atom. The van der Waals surface area contributed by atoms with E-state index in [2.05, 4.69) is 46.5 Å². The Morgan fingerprint density at radius 2 is 1.59 bits per heavy atom. The van der Waals surface area contributed by atoms with Crippen LogP contribution in [0.2, 0.25) is 0 Å². The predicted octanol–water partition coefficient (Wildman–Crippen LogP) is 4.65. The molecule has 6 nitrogen and oxygen atoms in total. The van der Waals surface area contributed by atoms with Crippen LogP contribution < -0.4 is 4.74 Å². The Hall–Kier alpha value is -2.88. The molecule has 1 atom stereocenters. The third-order valence-electron chi connectivity index (χ3n) is 6.40. The number of alkyl halides is 3. The first-order valence-corrected chi connectivity index (χ1v) is 12.7. The van der Waals surface area contributed by atoms with Crippen LogP contribution in [0.3, 0.4) is 0 Å². The minimum atomic E-state index is -4.38. The molecule has 1 fully saturated rings. The first-order valence-electron chi connectivity index (χ1n) is 12.7. The van der Waals surface area contributed by atoms with Gasteiger partial charge in [0.05, 0.1) is 16.9 Å². The number of hydrogen-bond acceptors (Lipinski definition) is 5. The van der Waals surface area contributed by atoms with Gasteiger partial charge in [0, 0.05) is 45.0 Å². The average Bonchev–Trinajstić information content (AvgIpc) is 3.25. The fourth-order valence-electron chi connectivity index (χ4n) is 4.55. The second kappa shape index (κ2) is 12.1. The van der Waals surface area contributed by atoms with E-state index in [4.69, 9.17) is 9.84 Å². The molecule has 2 heterocycles. The second-order valence-electron chi connectivity index (χ2n) is 10.0. The highest BCUT2D eigenvalue weighted by molar-refractivity contribution is 5.33. The van der Waals surface area contributed by atoms with Gasteiger partial charge in [-0.1, -0.05) is 32.0 Å². The normalized spacial score (nSPS) is 16.3. The third-order valence-corrected chi connectivity index (χ3v) is 6.40. The minimum absolute atomic E-state index is 0.0289. The second-order valence-corrected chi connectivity index (χ2v) is 10.0. The summed E-state index contributed by atoms with van der Waals surface area (Å²) >= 11 is 0. The molecular weight excluding hydrogens is 481 g/mol. The predicted molar refractivity (Wildman–Crippen MR) is 137 cm³/mol. The molecule has 4 rings (SSSR count). The summed E-state index contributed by atoms with van der Waals surface area (Å²) in [5.41, 5.74) is 2.62. The lowest BCUT2D eigenvalue weighted by atomic mass is 10.1. The van der Waals surface area contributed by atoms with Gasteiger partial charge in [-0.3, -0.25) is 9.80 Å². The lowest BCUT2D eigenvalue weighted by molar-refractivity contribution is -0.137. The van der Waals surface area contributed by atoms with Gasteiger partial charge in [-0.25, -0.2) is 4.68 Å². The van der Waals surface area contributed by atoms with Gasteiger partial charge < -0.3 is 9.84 Å². The number of rotatable bonds is 10. The van der Waals surface area contributed by atoms with Crippen molar-refractivity contribution in [3.8, 4) is 11.4 Å². The number of hydrogen-bond donors (Lipinski definition) is 1. The lowest BCUT2D eigenvalue weighted by Gasteiger charge is -2.35. The van der Waals surface area contributed by atoms with Crippen LogP contribution in [0.1, 0.15) is 30.8 Å². The monoisotopic (exact) mass is 516 g/mol. The van der Waals surface area contributed by atoms with Crippen LogP contribution >= 0.6 is 0 Å². The fourth-order valence-corrected chi connectivity index (χ4v) is 4.55. The molecule has 1 aliphatic heterocycles. The van der Waals surface area contributed by atoms with E-state index in [1.807, 2.05) is 18.2 Å². The molecule has 0 aliphatic carbocycles. The van der Waals surface area contributed by atoms with Crippen LogP contribution in [0, 0.1) is 5.92 Å². The molecular formula is C28H35F3N4O2. The summed E-state index contributed by atoms with van der Waals surface area (Å²) in [4.78, 5) is 4.56. The zero-order chi connectivity index (χ0) is 26.4. The van der Waals surface area contributed by atoms with Gasteiger partial charge in [0.1, 0.15) is 18.5 Å². The first kappa shape index (κ1) is 27.2. The smallest absolute Gasteiger partial charge is 0.416 e. The molecule has 1 saturated heterocycles. The molecule has 2 aromatic carbocycles. The van der Waals surface area contributed by atoms with Crippen LogP contribution in [0.25, 0.3) is 5.69 Å². The molecule has 1 aliphatic rings. The number of aliphatic hydroxyl groups is 1. The molecule has 9 heteroatoms. The van der Waals surface area contributed by atoms with Crippen molar-refractivity contribution in [3.63, 3.8) is 0 Å². The summed E-state index contributed by atoms with van der Waals surface area (Å²) in [6.07, 6.45) is -4.14. The Labute approximate surface area is 216 Å². The minimum Gasteiger partial charge on any atom is -0.491 e. The molecule has 0 saturated carbocycles. The molecule has 0 amide bonds. The zero-order valence-corrected chi connectivity index (χ0v) is 21.4. The molecule has 1 N–H and O–H groups in total.